The molecule has 1 atom stereocenters. The highest BCUT2D eigenvalue weighted by Crippen LogP contribution is 2.57. The van der Waals surface area contributed by atoms with Gasteiger partial charge in [0, 0.05) is 6.54 Å². The van der Waals surface area contributed by atoms with Crippen LogP contribution >= 0.6 is 0 Å². The van der Waals surface area contributed by atoms with Crippen LogP contribution in [0.15, 0.2) is 6.33 Å². The van der Waals surface area contributed by atoms with Crippen molar-refractivity contribution in [2.75, 3.05) is 6.54 Å². The Balaban J connectivity index is 1.74. The molecular formula is C13H24N4. The SMILES string of the molecule is CCn1ncnc1CNCC1CC1(CC)CC. The topological polar surface area (TPSA) is 42.7 Å². The summed E-state index contributed by atoms with van der Waals surface area (Å²) in [6.45, 7) is 9.59. The fourth-order valence-corrected chi connectivity index (χ4v) is 2.88. The van der Waals surface area contributed by atoms with Crippen LogP contribution in [0, 0.1) is 11.3 Å². The standard InChI is InChI=1S/C13H24N4/c1-4-13(5-2)7-11(13)8-14-9-12-15-10-16-17(12)6-3/h10-11,14H,4-9H2,1-3H3. The normalized spacial score (nSPS) is 21.7. The Morgan fingerprint density at radius 2 is 2.18 bits per heavy atom. The molecule has 1 saturated carbocycles. The molecule has 1 N–H and O–H groups in total. The van der Waals surface area contributed by atoms with Crippen LogP contribution < -0.4 is 5.32 Å². The van der Waals surface area contributed by atoms with Gasteiger partial charge in [0.25, 0.3) is 0 Å². The number of nitrogens with one attached hydrogen (secondary N) is 1. The highest BCUT2D eigenvalue weighted by molar-refractivity contribution is 5.01. The van der Waals surface area contributed by atoms with E-state index >= 15 is 0 Å². The van der Waals surface area contributed by atoms with Crippen LogP contribution in [0.5, 0.6) is 0 Å². The fourth-order valence-electron chi connectivity index (χ4n) is 2.88. The first-order valence-electron chi connectivity index (χ1n) is 6.83. The second kappa shape index (κ2) is 5.17. The van der Waals surface area contributed by atoms with Gasteiger partial charge in [0.15, 0.2) is 0 Å². The quantitative estimate of drug-likeness (QED) is 0.789. The van der Waals surface area contributed by atoms with Crippen molar-refractivity contribution in [3.8, 4) is 0 Å². The summed E-state index contributed by atoms with van der Waals surface area (Å²) in [6.07, 6.45) is 5.68. The van der Waals surface area contributed by atoms with Crippen molar-refractivity contribution in [1.29, 1.82) is 0 Å². The van der Waals surface area contributed by atoms with Crippen molar-refractivity contribution in [3.63, 3.8) is 0 Å². The van der Waals surface area contributed by atoms with Gasteiger partial charge in [0.2, 0.25) is 0 Å². The van der Waals surface area contributed by atoms with E-state index in [0.717, 1.165) is 31.4 Å². The zero-order valence-corrected chi connectivity index (χ0v) is 11.2. The Labute approximate surface area is 104 Å². The fraction of sp³-hybridized carbons (Fsp3) is 0.846. The lowest BCUT2D eigenvalue weighted by Gasteiger charge is -2.12. The van der Waals surface area contributed by atoms with Gasteiger partial charge in [-0.05, 0) is 31.2 Å². The highest BCUT2D eigenvalue weighted by Gasteiger charge is 2.50. The van der Waals surface area contributed by atoms with E-state index in [2.05, 4.69) is 36.2 Å². The van der Waals surface area contributed by atoms with Crippen molar-refractivity contribution in [2.24, 2.45) is 11.3 Å². The van der Waals surface area contributed by atoms with Crippen molar-refractivity contribution in [2.45, 2.75) is 53.1 Å². The van der Waals surface area contributed by atoms with E-state index in [9.17, 15) is 0 Å². The van der Waals surface area contributed by atoms with E-state index in [1.807, 2.05) is 4.68 Å². The first-order chi connectivity index (χ1) is 8.25. The number of hydrogen-bond donors (Lipinski definition) is 1. The monoisotopic (exact) mass is 236 g/mol. The smallest absolute Gasteiger partial charge is 0.140 e. The Bertz CT molecular complexity index is 354. The van der Waals surface area contributed by atoms with E-state index in [1.54, 1.807) is 6.33 Å². The van der Waals surface area contributed by atoms with Gasteiger partial charge in [-0.2, -0.15) is 5.10 Å². The van der Waals surface area contributed by atoms with Crippen LogP contribution in [0.3, 0.4) is 0 Å². The Morgan fingerprint density at radius 1 is 1.41 bits per heavy atom. The van der Waals surface area contributed by atoms with Crippen LogP contribution in [0.1, 0.15) is 45.9 Å². The van der Waals surface area contributed by atoms with Crippen LogP contribution in [-0.2, 0) is 13.1 Å². The maximum absolute atomic E-state index is 4.27. The van der Waals surface area contributed by atoms with E-state index < -0.39 is 0 Å². The summed E-state index contributed by atoms with van der Waals surface area (Å²) >= 11 is 0. The van der Waals surface area contributed by atoms with Gasteiger partial charge in [-0.3, -0.25) is 0 Å². The second-order valence-electron chi connectivity index (χ2n) is 5.09. The third-order valence-corrected chi connectivity index (χ3v) is 4.44. The number of hydrogen-bond acceptors (Lipinski definition) is 3. The molecule has 1 aromatic rings. The molecule has 1 heterocycles. The molecule has 4 nitrogen and oxygen atoms in total. The van der Waals surface area contributed by atoms with Crippen LogP contribution in [0.2, 0.25) is 0 Å². The lowest BCUT2D eigenvalue weighted by molar-refractivity contribution is 0.407. The molecule has 96 valence electrons. The average Bonchev–Trinajstić information content (AvgIpc) is 2.88. The molecular weight excluding hydrogens is 212 g/mol. The summed E-state index contributed by atoms with van der Waals surface area (Å²) in [6, 6.07) is 0. The summed E-state index contributed by atoms with van der Waals surface area (Å²) in [4.78, 5) is 4.27. The number of aromatic nitrogens is 3. The molecule has 0 amide bonds. The maximum Gasteiger partial charge on any atom is 0.140 e. The highest BCUT2D eigenvalue weighted by atomic mass is 15.3. The Hall–Kier alpha value is -0.900. The molecule has 0 aromatic carbocycles. The zero-order chi connectivity index (χ0) is 12.3. The van der Waals surface area contributed by atoms with Gasteiger partial charge in [0.05, 0.1) is 6.54 Å². The van der Waals surface area contributed by atoms with Crippen LogP contribution in [0.4, 0.5) is 0 Å². The summed E-state index contributed by atoms with van der Waals surface area (Å²) in [5.74, 6) is 1.92. The first kappa shape index (κ1) is 12.6. The average molecular weight is 236 g/mol. The van der Waals surface area contributed by atoms with Crippen molar-refractivity contribution in [1.82, 2.24) is 20.1 Å². The predicted octanol–water partition coefficient (Wildman–Crippen LogP) is 2.21. The molecule has 17 heavy (non-hydrogen) atoms. The Morgan fingerprint density at radius 3 is 2.76 bits per heavy atom. The molecule has 0 saturated heterocycles. The van der Waals surface area contributed by atoms with Gasteiger partial charge >= 0.3 is 0 Å². The molecule has 1 aliphatic carbocycles. The molecule has 0 radical (unpaired) electrons. The van der Waals surface area contributed by atoms with E-state index in [1.165, 1.54) is 19.3 Å². The van der Waals surface area contributed by atoms with Crippen LogP contribution in [0.25, 0.3) is 0 Å². The van der Waals surface area contributed by atoms with Crippen molar-refractivity contribution >= 4 is 0 Å². The van der Waals surface area contributed by atoms with E-state index in [4.69, 9.17) is 0 Å². The minimum Gasteiger partial charge on any atom is -0.310 e. The molecule has 0 bridgehead atoms. The Kier molecular flexibility index (Phi) is 3.82. The number of rotatable bonds is 7. The van der Waals surface area contributed by atoms with Gasteiger partial charge in [-0.25, -0.2) is 9.67 Å². The number of aryl methyl sites for hydroxylation is 1. The number of nitrogens with zero attached hydrogens (tertiary/aromatic N) is 3. The largest absolute Gasteiger partial charge is 0.310 e. The third-order valence-electron chi connectivity index (χ3n) is 4.44. The summed E-state index contributed by atoms with van der Waals surface area (Å²) in [5.41, 5.74) is 0.644. The molecule has 1 unspecified atom stereocenters. The lowest BCUT2D eigenvalue weighted by Crippen LogP contribution is -2.21. The molecule has 0 spiro atoms. The van der Waals surface area contributed by atoms with Gasteiger partial charge in [-0.15, -0.1) is 0 Å². The van der Waals surface area contributed by atoms with Crippen LogP contribution in [-0.4, -0.2) is 21.3 Å². The molecule has 2 rings (SSSR count). The van der Waals surface area contributed by atoms with E-state index in [-0.39, 0.29) is 0 Å². The molecule has 4 heteroatoms. The minimum atomic E-state index is 0.644. The summed E-state index contributed by atoms with van der Waals surface area (Å²) in [5, 5.41) is 7.70. The third kappa shape index (κ3) is 2.51. The molecule has 1 aliphatic rings. The van der Waals surface area contributed by atoms with Gasteiger partial charge < -0.3 is 5.32 Å². The van der Waals surface area contributed by atoms with Crippen molar-refractivity contribution < 1.29 is 0 Å². The first-order valence-corrected chi connectivity index (χ1v) is 6.83. The second-order valence-corrected chi connectivity index (χ2v) is 5.09. The molecule has 1 fully saturated rings. The molecule has 0 aliphatic heterocycles. The van der Waals surface area contributed by atoms with Gasteiger partial charge in [-0.1, -0.05) is 26.7 Å². The minimum absolute atomic E-state index is 0.644. The summed E-state index contributed by atoms with van der Waals surface area (Å²) in [7, 11) is 0. The van der Waals surface area contributed by atoms with Crippen molar-refractivity contribution in [3.05, 3.63) is 12.2 Å². The van der Waals surface area contributed by atoms with Gasteiger partial charge in [0.1, 0.15) is 12.2 Å². The predicted molar refractivity (Wildman–Crippen MR) is 68.5 cm³/mol. The summed E-state index contributed by atoms with van der Waals surface area (Å²) < 4.78 is 1.95. The van der Waals surface area contributed by atoms with E-state index in [0.29, 0.717) is 5.41 Å². The lowest BCUT2D eigenvalue weighted by atomic mass is 9.97. The maximum atomic E-state index is 4.27. The zero-order valence-electron chi connectivity index (χ0n) is 11.2. The molecule has 1 aromatic heterocycles.